The molecule has 19 heavy (non-hydrogen) atoms. The van der Waals surface area contributed by atoms with Crippen LogP contribution in [-0.2, 0) is 0 Å². The molecular weight excluding hydrogens is 368 g/mol. The van der Waals surface area contributed by atoms with Crippen LogP contribution in [0.5, 0.6) is 5.75 Å². The Morgan fingerprint density at radius 1 is 1.11 bits per heavy atom. The van der Waals surface area contributed by atoms with E-state index in [4.69, 9.17) is 4.74 Å². The monoisotopic (exact) mass is 382 g/mol. The molecule has 0 aliphatic heterocycles. The highest BCUT2D eigenvalue weighted by Crippen LogP contribution is 2.37. The van der Waals surface area contributed by atoms with Crippen LogP contribution in [-0.4, -0.2) is 6.61 Å². The van der Waals surface area contributed by atoms with Gasteiger partial charge in [-0.3, -0.25) is 0 Å². The van der Waals surface area contributed by atoms with Crippen molar-refractivity contribution in [3.63, 3.8) is 0 Å². The largest absolute Gasteiger partial charge is 0.494 e. The minimum atomic E-state index is 0.179. The van der Waals surface area contributed by atoms with Crippen LogP contribution in [0.25, 0.3) is 0 Å². The van der Waals surface area contributed by atoms with Crippen LogP contribution >= 0.6 is 31.9 Å². The molecule has 0 saturated carbocycles. The summed E-state index contributed by atoms with van der Waals surface area (Å²) in [5, 5.41) is 0. The molecule has 0 heterocycles. The molecule has 0 aromatic heterocycles. The first-order chi connectivity index (χ1) is 9.11. The molecule has 0 spiro atoms. The zero-order valence-electron chi connectivity index (χ0n) is 11.0. The molecule has 0 amide bonds. The van der Waals surface area contributed by atoms with Crippen molar-refractivity contribution in [1.29, 1.82) is 0 Å². The van der Waals surface area contributed by atoms with Crippen LogP contribution in [0.1, 0.15) is 28.4 Å². The molecule has 0 fully saturated rings. The fourth-order valence-corrected chi connectivity index (χ4v) is 3.48. The van der Waals surface area contributed by atoms with E-state index in [1.165, 1.54) is 16.7 Å². The summed E-state index contributed by atoms with van der Waals surface area (Å²) < 4.78 is 6.55. The Morgan fingerprint density at radius 3 is 2.37 bits per heavy atom. The van der Waals surface area contributed by atoms with Crippen molar-refractivity contribution < 1.29 is 4.74 Å². The highest BCUT2D eigenvalue weighted by atomic mass is 79.9. The SMILES string of the molecule is CCOc1ccc(C(Br)c2ccc(C)cc2)c(Br)c1. The number of ether oxygens (including phenoxy) is 1. The van der Waals surface area contributed by atoms with Crippen molar-refractivity contribution >= 4 is 31.9 Å². The zero-order valence-corrected chi connectivity index (χ0v) is 14.2. The molecule has 0 aliphatic rings. The molecule has 0 radical (unpaired) electrons. The Hall–Kier alpha value is -0.800. The summed E-state index contributed by atoms with van der Waals surface area (Å²) >= 11 is 7.38. The first-order valence-electron chi connectivity index (χ1n) is 6.24. The third-order valence-electron chi connectivity index (χ3n) is 2.93. The molecule has 2 rings (SSSR count). The molecule has 100 valence electrons. The third-order valence-corrected chi connectivity index (χ3v) is 4.63. The fourth-order valence-electron chi connectivity index (χ4n) is 1.88. The molecule has 2 aromatic rings. The quantitative estimate of drug-likeness (QED) is 0.620. The van der Waals surface area contributed by atoms with Crippen molar-refractivity contribution in [3.05, 3.63) is 63.6 Å². The van der Waals surface area contributed by atoms with Crippen LogP contribution < -0.4 is 4.74 Å². The summed E-state index contributed by atoms with van der Waals surface area (Å²) in [7, 11) is 0. The lowest BCUT2D eigenvalue weighted by Crippen LogP contribution is -1.96. The Morgan fingerprint density at radius 2 is 1.79 bits per heavy atom. The number of benzene rings is 2. The van der Waals surface area contributed by atoms with Gasteiger partial charge in [-0.05, 0) is 37.1 Å². The van der Waals surface area contributed by atoms with Gasteiger partial charge in [-0.1, -0.05) is 67.8 Å². The van der Waals surface area contributed by atoms with E-state index in [1.54, 1.807) is 0 Å². The molecule has 2 aromatic carbocycles. The van der Waals surface area contributed by atoms with Crippen LogP contribution in [0.15, 0.2) is 46.9 Å². The molecular formula is C16H16Br2O. The van der Waals surface area contributed by atoms with E-state index < -0.39 is 0 Å². The summed E-state index contributed by atoms with van der Waals surface area (Å²) in [6.07, 6.45) is 0. The number of rotatable bonds is 4. The van der Waals surface area contributed by atoms with E-state index in [1.807, 2.05) is 19.1 Å². The Balaban J connectivity index is 2.28. The first-order valence-corrected chi connectivity index (χ1v) is 7.95. The second-order valence-corrected chi connectivity index (χ2v) is 6.16. The minimum Gasteiger partial charge on any atom is -0.494 e. The van der Waals surface area contributed by atoms with E-state index in [2.05, 4.69) is 69.1 Å². The van der Waals surface area contributed by atoms with Gasteiger partial charge in [0.2, 0.25) is 0 Å². The standard InChI is InChI=1S/C16H16Br2O/c1-3-19-13-8-9-14(15(17)10-13)16(18)12-6-4-11(2)5-7-12/h4-10,16H,3H2,1-2H3. The molecule has 0 saturated heterocycles. The van der Waals surface area contributed by atoms with Crippen molar-refractivity contribution in [2.75, 3.05) is 6.61 Å². The van der Waals surface area contributed by atoms with Gasteiger partial charge in [0.15, 0.2) is 0 Å². The second-order valence-electron chi connectivity index (χ2n) is 4.39. The van der Waals surface area contributed by atoms with E-state index in [9.17, 15) is 0 Å². The predicted octanol–water partition coefficient (Wildman–Crippen LogP) is 5.64. The van der Waals surface area contributed by atoms with Gasteiger partial charge >= 0.3 is 0 Å². The number of alkyl halides is 1. The summed E-state index contributed by atoms with van der Waals surface area (Å²) in [6.45, 7) is 4.77. The maximum atomic E-state index is 5.50. The predicted molar refractivity (Wildman–Crippen MR) is 87.3 cm³/mol. The third kappa shape index (κ3) is 3.61. The highest BCUT2D eigenvalue weighted by molar-refractivity contribution is 9.11. The molecule has 1 unspecified atom stereocenters. The summed E-state index contributed by atoms with van der Waals surface area (Å²) in [4.78, 5) is 0.179. The molecule has 1 atom stereocenters. The fraction of sp³-hybridized carbons (Fsp3) is 0.250. The number of hydrogen-bond acceptors (Lipinski definition) is 1. The van der Waals surface area contributed by atoms with E-state index in [0.29, 0.717) is 6.61 Å². The van der Waals surface area contributed by atoms with Crippen molar-refractivity contribution in [2.24, 2.45) is 0 Å². The number of aryl methyl sites for hydroxylation is 1. The van der Waals surface area contributed by atoms with Crippen LogP contribution in [0.4, 0.5) is 0 Å². The number of hydrogen-bond donors (Lipinski definition) is 0. The summed E-state index contributed by atoms with van der Waals surface area (Å²) in [5.74, 6) is 0.890. The van der Waals surface area contributed by atoms with E-state index >= 15 is 0 Å². The Bertz CT molecular complexity index is 549. The molecule has 1 nitrogen and oxygen atoms in total. The average molecular weight is 384 g/mol. The van der Waals surface area contributed by atoms with Gasteiger partial charge in [-0.15, -0.1) is 0 Å². The van der Waals surface area contributed by atoms with Gasteiger partial charge in [0.25, 0.3) is 0 Å². The van der Waals surface area contributed by atoms with E-state index in [-0.39, 0.29) is 4.83 Å². The maximum absolute atomic E-state index is 5.50. The van der Waals surface area contributed by atoms with Gasteiger partial charge in [0, 0.05) is 4.47 Å². The maximum Gasteiger partial charge on any atom is 0.120 e. The van der Waals surface area contributed by atoms with Gasteiger partial charge in [0.05, 0.1) is 11.4 Å². The molecule has 0 aliphatic carbocycles. The Labute approximate surface area is 131 Å². The Kier molecular flexibility index (Phi) is 5.06. The average Bonchev–Trinajstić information content (AvgIpc) is 2.39. The van der Waals surface area contributed by atoms with Gasteiger partial charge in [-0.2, -0.15) is 0 Å². The lowest BCUT2D eigenvalue weighted by molar-refractivity contribution is 0.340. The van der Waals surface area contributed by atoms with Crippen LogP contribution in [0.2, 0.25) is 0 Å². The molecule has 0 bridgehead atoms. The summed E-state index contributed by atoms with van der Waals surface area (Å²) in [6, 6.07) is 14.7. The van der Waals surface area contributed by atoms with Gasteiger partial charge in [-0.25, -0.2) is 0 Å². The molecule has 0 N–H and O–H groups in total. The smallest absolute Gasteiger partial charge is 0.120 e. The van der Waals surface area contributed by atoms with Crippen LogP contribution in [0.3, 0.4) is 0 Å². The normalized spacial score (nSPS) is 12.2. The topological polar surface area (TPSA) is 9.23 Å². The summed E-state index contributed by atoms with van der Waals surface area (Å²) in [5.41, 5.74) is 3.72. The minimum absolute atomic E-state index is 0.179. The zero-order chi connectivity index (χ0) is 13.8. The van der Waals surface area contributed by atoms with Crippen LogP contribution in [0, 0.1) is 6.92 Å². The van der Waals surface area contributed by atoms with Crippen molar-refractivity contribution in [3.8, 4) is 5.75 Å². The van der Waals surface area contributed by atoms with Crippen molar-refractivity contribution in [2.45, 2.75) is 18.7 Å². The van der Waals surface area contributed by atoms with Gasteiger partial charge in [0.1, 0.15) is 5.75 Å². The lowest BCUT2D eigenvalue weighted by Gasteiger charge is -2.14. The van der Waals surface area contributed by atoms with Gasteiger partial charge < -0.3 is 4.74 Å². The first kappa shape index (κ1) is 14.6. The second kappa shape index (κ2) is 6.58. The van der Waals surface area contributed by atoms with E-state index in [0.717, 1.165) is 10.2 Å². The number of halogens is 2. The van der Waals surface area contributed by atoms with Crippen molar-refractivity contribution in [1.82, 2.24) is 0 Å². The highest BCUT2D eigenvalue weighted by Gasteiger charge is 2.14. The molecule has 3 heteroatoms. The lowest BCUT2D eigenvalue weighted by atomic mass is 10.0.